The molecule has 0 amide bonds. The summed E-state index contributed by atoms with van der Waals surface area (Å²) < 4.78 is 29.0. The average Bonchev–Trinajstić information content (AvgIpc) is 2.91. The van der Waals surface area contributed by atoms with Crippen LogP contribution in [0.3, 0.4) is 0 Å². The van der Waals surface area contributed by atoms with Crippen LogP contribution in [0.15, 0.2) is 36.8 Å². The normalized spacial score (nSPS) is 10.7. The molecule has 0 saturated heterocycles. The van der Waals surface area contributed by atoms with Crippen LogP contribution in [-0.4, -0.2) is 14.4 Å². The highest BCUT2D eigenvalue weighted by Crippen LogP contribution is 2.18. The predicted molar refractivity (Wildman–Crippen MR) is 66.9 cm³/mol. The van der Waals surface area contributed by atoms with Crippen LogP contribution in [0.2, 0.25) is 0 Å². The van der Waals surface area contributed by atoms with Gasteiger partial charge in [0.1, 0.15) is 17.7 Å². The molecule has 3 aromatic rings. The van der Waals surface area contributed by atoms with Crippen LogP contribution < -0.4 is 0 Å². The number of benzene rings is 1. The van der Waals surface area contributed by atoms with Crippen molar-refractivity contribution in [3.8, 4) is 6.07 Å². The first-order valence-electron chi connectivity index (χ1n) is 5.84. The maximum absolute atomic E-state index is 13.7. The van der Waals surface area contributed by atoms with E-state index in [-0.39, 0.29) is 17.7 Å². The Morgan fingerprint density at radius 1 is 1.25 bits per heavy atom. The molecule has 0 N–H and O–H groups in total. The molecule has 0 atom stereocenters. The topological polar surface area (TPSA) is 54.0 Å². The Kier molecular flexibility index (Phi) is 2.88. The van der Waals surface area contributed by atoms with Crippen LogP contribution in [0.4, 0.5) is 8.78 Å². The second kappa shape index (κ2) is 4.70. The van der Waals surface area contributed by atoms with E-state index in [1.807, 2.05) is 6.07 Å². The van der Waals surface area contributed by atoms with Crippen molar-refractivity contribution < 1.29 is 8.78 Å². The Labute approximate surface area is 112 Å². The van der Waals surface area contributed by atoms with Gasteiger partial charge in [-0.05, 0) is 12.1 Å². The number of fused-ring (bicyclic) bond motifs is 1. The van der Waals surface area contributed by atoms with Crippen molar-refractivity contribution in [1.29, 1.82) is 5.26 Å². The SMILES string of the molecule is N#Cc1cn2ccnc2c(Cc2c(F)cccc2F)n1. The molecule has 2 heterocycles. The molecule has 0 aliphatic heterocycles. The molecule has 0 fully saturated rings. The van der Waals surface area contributed by atoms with Crippen LogP contribution in [0.1, 0.15) is 17.0 Å². The summed E-state index contributed by atoms with van der Waals surface area (Å²) in [6.07, 6.45) is 4.65. The summed E-state index contributed by atoms with van der Waals surface area (Å²) in [4.78, 5) is 8.19. The minimum absolute atomic E-state index is 0.0610. The number of aromatic nitrogens is 3. The van der Waals surface area contributed by atoms with Gasteiger partial charge in [-0.15, -0.1) is 0 Å². The number of hydrogen-bond acceptors (Lipinski definition) is 3. The molecule has 20 heavy (non-hydrogen) atoms. The highest BCUT2D eigenvalue weighted by Gasteiger charge is 2.14. The molecule has 6 heteroatoms. The molecule has 0 bridgehead atoms. The Morgan fingerprint density at radius 3 is 2.70 bits per heavy atom. The second-order valence-corrected chi connectivity index (χ2v) is 4.22. The summed E-state index contributed by atoms with van der Waals surface area (Å²) in [7, 11) is 0. The summed E-state index contributed by atoms with van der Waals surface area (Å²) >= 11 is 0. The lowest BCUT2D eigenvalue weighted by Crippen LogP contribution is -2.04. The van der Waals surface area contributed by atoms with Gasteiger partial charge in [-0.3, -0.25) is 0 Å². The third-order valence-corrected chi connectivity index (χ3v) is 2.96. The van der Waals surface area contributed by atoms with Gasteiger partial charge in [0, 0.05) is 30.6 Å². The molecular weight excluding hydrogens is 262 g/mol. The van der Waals surface area contributed by atoms with Crippen LogP contribution in [0.5, 0.6) is 0 Å². The Morgan fingerprint density at radius 2 is 2.00 bits per heavy atom. The van der Waals surface area contributed by atoms with Crippen molar-refractivity contribution >= 4 is 5.65 Å². The summed E-state index contributed by atoms with van der Waals surface area (Å²) in [6.45, 7) is 0. The largest absolute Gasteiger partial charge is 0.303 e. The zero-order chi connectivity index (χ0) is 14.1. The van der Waals surface area contributed by atoms with E-state index >= 15 is 0 Å². The molecule has 0 saturated carbocycles. The van der Waals surface area contributed by atoms with Crippen molar-refractivity contribution in [2.24, 2.45) is 0 Å². The lowest BCUT2D eigenvalue weighted by atomic mass is 10.1. The summed E-state index contributed by atoms with van der Waals surface area (Å²) in [5, 5.41) is 8.94. The molecule has 3 rings (SSSR count). The number of rotatable bonds is 2. The van der Waals surface area contributed by atoms with Crippen LogP contribution in [-0.2, 0) is 6.42 Å². The highest BCUT2D eigenvalue weighted by atomic mass is 19.1. The minimum Gasteiger partial charge on any atom is -0.303 e. The third kappa shape index (κ3) is 1.99. The molecule has 0 aliphatic rings. The number of hydrogen-bond donors (Lipinski definition) is 0. The molecule has 0 unspecified atom stereocenters. The first kappa shape index (κ1) is 12.2. The average molecular weight is 270 g/mol. The molecular formula is C14H8F2N4. The monoisotopic (exact) mass is 270 g/mol. The van der Waals surface area contributed by atoms with Crippen LogP contribution in [0.25, 0.3) is 5.65 Å². The van der Waals surface area contributed by atoms with E-state index in [2.05, 4.69) is 9.97 Å². The molecule has 0 radical (unpaired) electrons. The lowest BCUT2D eigenvalue weighted by molar-refractivity contribution is 0.560. The Hall–Kier alpha value is -2.81. The van der Waals surface area contributed by atoms with Gasteiger partial charge >= 0.3 is 0 Å². The van der Waals surface area contributed by atoms with Crippen molar-refractivity contribution in [3.05, 3.63) is 65.4 Å². The van der Waals surface area contributed by atoms with E-state index in [0.29, 0.717) is 11.3 Å². The first-order chi connectivity index (χ1) is 9.69. The molecule has 98 valence electrons. The first-order valence-corrected chi connectivity index (χ1v) is 5.84. The fourth-order valence-electron chi connectivity index (χ4n) is 2.04. The predicted octanol–water partition coefficient (Wildman–Crippen LogP) is 2.47. The highest BCUT2D eigenvalue weighted by molar-refractivity contribution is 5.48. The fraction of sp³-hybridized carbons (Fsp3) is 0.0714. The van der Waals surface area contributed by atoms with Gasteiger partial charge in [-0.2, -0.15) is 5.26 Å². The van der Waals surface area contributed by atoms with Crippen molar-refractivity contribution in [1.82, 2.24) is 14.4 Å². The van der Waals surface area contributed by atoms with Gasteiger partial charge in [0.25, 0.3) is 0 Å². The summed E-state index contributed by atoms with van der Waals surface area (Å²) in [6, 6.07) is 5.60. The van der Waals surface area contributed by atoms with E-state index in [4.69, 9.17) is 5.26 Å². The van der Waals surface area contributed by atoms with E-state index < -0.39 is 11.6 Å². The van der Waals surface area contributed by atoms with Gasteiger partial charge < -0.3 is 4.40 Å². The molecule has 2 aromatic heterocycles. The summed E-state index contributed by atoms with van der Waals surface area (Å²) in [5.74, 6) is -1.28. The van der Waals surface area contributed by atoms with Gasteiger partial charge in [-0.1, -0.05) is 6.07 Å². The zero-order valence-electron chi connectivity index (χ0n) is 10.2. The maximum Gasteiger partial charge on any atom is 0.158 e. The number of imidazole rings is 1. The molecule has 4 nitrogen and oxygen atoms in total. The lowest BCUT2D eigenvalue weighted by Gasteiger charge is -2.06. The zero-order valence-corrected chi connectivity index (χ0v) is 10.2. The standard InChI is InChI=1S/C14H8F2N4/c15-11-2-1-3-12(16)10(11)6-13-14-18-4-5-20(14)8-9(7-17)19-13/h1-5,8H,6H2. The van der Waals surface area contributed by atoms with E-state index in [0.717, 1.165) is 0 Å². The molecule has 0 spiro atoms. The fourth-order valence-corrected chi connectivity index (χ4v) is 2.04. The van der Waals surface area contributed by atoms with Gasteiger partial charge in [-0.25, -0.2) is 18.7 Å². The minimum atomic E-state index is -0.640. The second-order valence-electron chi connectivity index (χ2n) is 4.22. The van der Waals surface area contributed by atoms with Crippen molar-refractivity contribution in [2.75, 3.05) is 0 Å². The van der Waals surface area contributed by atoms with Gasteiger partial charge in [0.15, 0.2) is 11.3 Å². The number of halogens is 2. The van der Waals surface area contributed by atoms with E-state index in [1.165, 1.54) is 24.4 Å². The van der Waals surface area contributed by atoms with Crippen LogP contribution >= 0.6 is 0 Å². The van der Waals surface area contributed by atoms with Gasteiger partial charge in [0.2, 0.25) is 0 Å². The van der Waals surface area contributed by atoms with Crippen LogP contribution in [0, 0.1) is 23.0 Å². The van der Waals surface area contributed by atoms with Crippen molar-refractivity contribution in [3.63, 3.8) is 0 Å². The molecule has 1 aromatic carbocycles. The third-order valence-electron chi connectivity index (χ3n) is 2.96. The Bertz CT molecular complexity index is 813. The smallest absolute Gasteiger partial charge is 0.158 e. The summed E-state index contributed by atoms with van der Waals surface area (Å²) in [5.41, 5.74) is 0.923. The maximum atomic E-state index is 13.7. The Balaban J connectivity index is 2.15. The quantitative estimate of drug-likeness (QED) is 0.718. The number of nitriles is 1. The van der Waals surface area contributed by atoms with E-state index in [1.54, 1.807) is 16.8 Å². The molecule has 0 aliphatic carbocycles. The van der Waals surface area contributed by atoms with Gasteiger partial charge in [0.05, 0.1) is 5.69 Å². The van der Waals surface area contributed by atoms with Crippen molar-refractivity contribution in [2.45, 2.75) is 6.42 Å². The number of nitrogens with zero attached hydrogens (tertiary/aromatic N) is 4. The van der Waals surface area contributed by atoms with E-state index in [9.17, 15) is 8.78 Å².